The van der Waals surface area contributed by atoms with Gasteiger partial charge in [-0.25, -0.2) is 0 Å². The lowest BCUT2D eigenvalue weighted by atomic mass is 9.95. The van der Waals surface area contributed by atoms with Crippen molar-refractivity contribution in [2.75, 3.05) is 43.0 Å². The lowest BCUT2D eigenvalue weighted by Gasteiger charge is -2.36. The molecule has 2 aromatic heterocycles. The summed E-state index contributed by atoms with van der Waals surface area (Å²) in [5, 5.41) is 3.77. The number of pyridine rings is 1. The molecule has 8 nitrogen and oxygen atoms in total. The van der Waals surface area contributed by atoms with Gasteiger partial charge < -0.3 is 29.1 Å². The predicted molar refractivity (Wildman–Crippen MR) is 154 cm³/mol. The van der Waals surface area contributed by atoms with Crippen molar-refractivity contribution in [2.45, 2.75) is 38.0 Å². The van der Waals surface area contributed by atoms with Gasteiger partial charge in [0.1, 0.15) is 23.4 Å². The van der Waals surface area contributed by atoms with Crippen LogP contribution in [0.2, 0.25) is 0 Å². The van der Waals surface area contributed by atoms with Crippen molar-refractivity contribution < 1.29 is 13.9 Å². The lowest BCUT2D eigenvalue weighted by molar-refractivity contribution is 0.0384. The molecule has 0 amide bonds. The van der Waals surface area contributed by atoms with Crippen LogP contribution in [-0.4, -0.2) is 48.7 Å². The molecule has 0 radical (unpaired) electrons. The molecule has 0 bridgehead atoms. The summed E-state index contributed by atoms with van der Waals surface area (Å²) >= 11 is 0. The number of morpholine rings is 1. The molecule has 2 aromatic carbocycles. The summed E-state index contributed by atoms with van der Waals surface area (Å²) in [6, 6.07) is 20.8. The van der Waals surface area contributed by atoms with Crippen LogP contribution in [0.5, 0.6) is 11.5 Å². The molecule has 3 aliphatic rings. The number of benzene rings is 2. The van der Waals surface area contributed by atoms with Crippen molar-refractivity contribution in [3.05, 3.63) is 106 Å². The van der Waals surface area contributed by atoms with E-state index in [0.29, 0.717) is 19.2 Å². The number of rotatable bonds is 6. The highest BCUT2D eigenvalue weighted by atomic mass is 16.5. The summed E-state index contributed by atoms with van der Waals surface area (Å²) in [4.78, 5) is 19.2. The molecule has 0 saturated carbocycles. The van der Waals surface area contributed by atoms with Crippen LogP contribution >= 0.6 is 0 Å². The van der Waals surface area contributed by atoms with E-state index in [0.717, 1.165) is 79.6 Å². The number of ether oxygens (including phenoxy) is 2. The smallest absolute Gasteiger partial charge is 0.249 e. The summed E-state index contributed by atoms with van der Waals surface area (Å²) in [6.45, 7) is 5.01. The van der Waals surface area contributed by atoms with E-state index in [-0.39, 0.29) is 11.7 Å². The average Bonchev–Trinajstić information content (AvgIpc) is 3.50. The van der Waals surface area contributed by atoms with Crippen LogP contribution in [0, 0.1) is 0 Å². The summed E-state index contributed by atoms with van der Waals surface area (Å²) < 4.78 is 18.3. The van der Waals surface area contributed by atoms with Crippen molar-refractivity contribution >= 4 is 11.4 Å². The highest BCUT2D eigenvalue weighted by molar-refractivity contribution is 5.59. The maximum Gasteiger partial charge on any atom is 0.249 e. The maximum atomic E-state index is 11.9. The van der Waals surface area contributed by atoms with E-state index in [1.165, 1.54) is 11.1 Å². The van der Waals surface area contributed by atoms with Gasteiger partial charge >= 0.3 is 0 Å². The quantitative estimate of drug-likeness (QED) is 0.303. The predicted octanol–water partition coefficient (Wildman–Crippen LogP) is 5.32. The van der Waals surface area contributed by atoms with Crippen LogP contribution in [0.25, 0.3) is 0 Å². The molecule has 206 valence electrons. The third-order valence-corrected chi connectivity index (χ3v) is 8.24. The minimum absolute atomic E-state index is 0.0954. The molecule has 2 fully saturated rings. The van der Waals surface area contributed by atoms with E-state index in [9.17, 15) is 4.79 Å². The summed E-state index contributed by atoms with van der Waals surface area (Å²) in [6.07, 6.45) is 6.34. The molecule has 4 aromatic rings. The molecule has 40 heavy (non-hydrogen) atoms. The Labute approximate surface area is 233 Å². The van der Waals surface area contributed by atoms with Gasteiger partial charge in [-0.15, -0.1) is 0 Å². The molecule has 0 spiro atoms. The molecule has 2 N–H and O–H groups in total. The number of furan rings is 1. The van der Waals surface area contributed by atoms with E-state index >= 15 is 0 Å². The molecule has 3 aliphatic heterocycles. The molecule has 1 unspecified atom stereocenters. The number of hydrogen-bond acceptors (Lipinski definition) is 7. The van der Waals surface area contributed by atoms with E-state index in [1.807, 2.05) is 18.2 Å². The summed E-state index contributed by atoms with van der Waals surface area (Å²) in [5.74, 6) is 2.84. The van der Waals surface area contributed by atoms with Gasteiger partial charge in [0.05, 0.1) is 19.4 Å². The number of aromatic amines is 1. The van der Waals surface area contributed by atoms with Gasteiger partial charge in [0.15, 0.2) is 0 Å². The van der Waals surface area contributed by atoms with Crippen molar-refractivity contribution in [2.24, 2.45) is 0 Å². The second-order valence-corrected chi connectivity index (χ2v) is 10.9. The third kappa shape index (κ3) is 5.24. The van der Waals surface area contributed by atoms with E-state index in [4.69, 9.17) is 13.9 Å². The number of para-hydroxylation sites is 1. The number of nitrogens with zero attached hydrogens (tertiary/aromatic N) is 2. The summed E-state index contributed by atoms with van der Waals surface area (Å²) in [7, 11) is 0. The van der Waals surface area contributed by atoms with Gasteiger partial charge in [0, 0.05) is 73.4 Å². The number of hydrogen-bond donors (Lipinski definition) is 2. The Balaban J connectivity index is 1.02. The molecule has 5 heterocycles. The number of likely N-dealkylation sites (tertiary alicyclic amines) is 1. The molecule has 1 atom stereocenters. The Morgan fingerprint density at radius 3 is 2.75 bits per heavy atom. The first-order valence-corrected chi connectivity index (χ1v) is 14.2. The largest absolute Gasteiger partial charge is 0.468 e. The van der Waals surface area contributed by atoms with Gasteiger partial charge in [-0.3, -0.25) is 9.69 Å². The number of H-pyrrole nitrogens is 1. The third-order valence-electron chi connectivity index (χ3n) is 8.24. The standard InChI is InChI=1S/C32H34N4O4/c37-31-19-26(8-11-33-31)36-14-16-39-30(21-36)28-5-1-3-22-17-23-18-25(6-7-29(23)40-32(22)28)34-24-9-12-35(13-10-24)20-27-4-2-15-38-27/h1-8,11,15,18-19,24,30,34H,9-10,12-14,16-17,20-21H2,(H,33,37). The van der Waals surface area contributed by atoms with E-state index in [1.54, 1.807) is 18.5 Å². The van der Waals surface area contributed by atoms with Crippen LogP contribution in [0.3, 0.4) is 0 Å². The lowest BCUT2D eigenvalue weighted by Crippen LogP contribution is -2.39. The minimum Gasteiger partial charge on any atom is -0.468 e. The van der Waals surface area contributed by atoms with Gasteiger partial charge in [-0.05, 0) is 54.8 Å². The first-order valence-electron chi connectivity index (χ1n) is 14.2. The Kier molecular flexibility index (Phi) is 6.79. The van der Waals surface area contributed by atoms with E-state index in [2.05, 4.69) is 56.5 Å². The molecular weight excluding hydrogens is 504 g/mol. The molecule has 0 aliphatic carbocycles. The number of aromatic nitrogens is 1. The van der Waals surface area contributed by atoms with Gasteiger partial charge in [-0.1, -0.05) is 18.2 Å². The van der Waals surface area contributed by atoms with Gasteiger partial charge in [0.25, 0.3) is 0 Å². The van der Waals surface area contributed by atoms with Crippen LogP contribution in [0.15, 0.2) is 82.3 Å². The normalized spacial score (nSPS) is 19.5. The van der Waals surface area contributed by atoms with Gasteiger partial charge in [-0.2, -0.15) is 0 Å². The topological polar surface area (TPSA) is 83.0 Å². The minimum atomic E-state index is -0.135. The number of fused-ring (bicyclic) bond motifs is 2. The van der Waals surface area contributed by atoms with Crippen LogP contribution in [0.4, 0.5) is 11.4 Å². The fraction of sp³-hybridized carbons (Fsp3) is 0.344. The second kappa shape index (κ2) is 10.9. The van der Waals surface area contributed by atoms with Crippen LogP contribution in [-0.2, 0) is 17.7 Å². The second-order valence-electron chi connectivity index (χ2n) is 10.9. The highest BCUT2D eigenvalue weighted by Crippen LogP contribution is 2.43. The van der Waals surface area contributed by atoms with Crippen molar-refractivity contribution in [3.63, 3.8) is 0 Å². The first-order chi connectivity index (χ1) is 19.7. The Hall–Kier alpha value is -4.01. The molecule has 8 heteroatoms. The van der Waals surface area contributed by atoms with Crippen molar-refractivity contribution in [3.8, 4) is 11.5 Å². The fourth-order valence-electron chi connectivity index (χ4n) is 6.14. The monoisotopic (exact) mass is 538 g/mol. The highest BCUT2D eigenvalue weighted by Gasteiger charge is 2.29. The Bertz CT molecular complexity index is 1520. The zero-order valence-electron chi connectivity index (χ0n) is 22.5. The first kappa shape index (κ1) is 25.0. The SMILES string of the molecule is O=c1cc(N2CCOC(c3cccc4c3Oc3ccc(NC5CCN(Cc6ccco6)CC5)cc3C4)C2)cc[nH]1. The van der Waals surface area contributed by atoms with Gasteiger partial charge in [0.2, 0.25) is 5.56 Å². The molecule has 2 saturated heterocycles. The van der Waals surface area contributed by atoms with Crippen LogP contribution < -0.4 is 20.5 Å². The zero-order chi connectivity index (χ0) is 26.9. The zero-order valence-corrected chi connectivity index (χ0v) is 22.5. The maximum absolute atomic E-state index is 11.9. The fourth-order valence-corrected chi connectivity index (χ4v) is 6.14. The van der Waals surface area contributed by atoms with Crippen molar-refractivity contribution in [1.29, 1.82) is 0 Å². The Morgan fingerprint density at radius 2 is 1.90 bits per heavy atom. The summed E-state index contributed by atoms with van der Waals surface area (Å²) in [5.41, 5.74) is 5.39. The number of nitrogens with one attached hydrogen (secondary N) is 2. The van der Waals surface area contributed by atoms with Crippen LogP contribution in [0.1, 0.15) is 41.4 Å². The molecule has 7 rings (SSSR count). The number of anilines is 2. The average molecular weight is 539 g/mol. The number of piperidine rings is 1. The Morgan fingerprint density at radius 1 is 0.975 bits per heavy atom. The van der Waals surface area contributed by atoms with Crippen molar-refractivity contribution in [1.82, 2.24) is 9.88 Å². The van der Waals surface area contributed by atoms with E-state index < -0.39 is 0 Å². The molecular formula is C32H34N4O4.